The number of benzene rings is 1. The molecule has 0 unspecified atom stereocenters. The molecule has 9 heteroatoms. The average Bonchev–Trinajstić information content (AvgIpc) is 3.12. The van der Waals surface area contributed by atoms with Crippen molar-refractivity contribution in [2.45, 2.75) is 20.2 Å². The minimum Gasteiger partial charge on any atom is -0.471 e. The molecule has 3 aromatic rings. The van der Waals surface area contributed by atoms with E-state index in [4.69, 9.17) is 27.9 Å². The predicted molar refractivity (Wildman–Crippen MR) is 94.9 cm³/mol. The number of carbonyl (C=O) groups excluding carboxylic acids is 1. The van der Waals surface area contributed by atoms with E-state index in [1.54, 1.807) is 54.5 Å². The lowest BCUT2D eigenvalue weighted by Crippen LogP contribution is -2.18. The van der Waals surface area contributed by atoms with Crippen molar-refractivity contribution in [1.82, 2.24) is 19.6 Å². The summed E-state index contributed by atoms with van der Waals surface area (Å²) in [4.78, 5) is 12.0. The van der Waals surface area contributed by atoms with E-state index in [-0.39, 0.29) is 19.2 Å². The van der Waals surface area contributed by atoms with Gasteiger partial charge in [-0.25, -0.2) is 4.68 Å². The van der Waals surface area contributed by atoms with E-state index in [0.717, 1.165) is 0 Å². The van der Waals surface area contributed by atoms with E-state index in [1.165, 1.54) is 4.68 Å². The molecule has 0 radical (unpaired) electrons. The molecule has 0 spiro atoms. The van der Waals surface area contributed by atoms with Crippen molar-refractivity contribution in [3.63, 3.8) is 0 Å². The Bertz CT molecular complexity index is 871. The number of nitrogens with zero attached hydrogens (tertiary/aromatic N) is 4. The second-order valence-electron chi connectivity index (χ2n) is 5.31. The highest BCUT2D eigenvalue weighted by Crippen LogP contribution is 2.17. The van der Waals surface area contributed by atoms with Crippen LogP contribution in [0.1, 0.15) is 5.69 Å². The van der Waals surface area contributed by atoms with Crippen LogP contribution in [0.25, 0.3) is 0 Å². The molecule has 0 atom stereocenters. The number of halogens is 2. The zero-order valence-corrected chi connectivity index (χ0v) is 14.8. The van der Waals surface area contributed by atoms with Gasteiger partial charge in [-0.15, -0.1) is 0 Å². The molecule has 1 N–H and O–H groups in total. The van der Waals surface area contributed by atoms with Crippen molar-refractivity contribution in [3.05, 3.63) is 58.6 Å². The number of anilines is 1. The van der Waals surface area contributed by atoms with Crippen LogP contribution in [0.3, 0.4) is 0 Å². The first kappa shape index (κ1) is 17.3. The Labute approximate surface area is 154 Å². The van der Waals surface area contributed by atoms with E-state index in [2.05, 4.69) is 15.5 Å². The summed E-state index contributed by atoms with van der Waals surface area (Å²) in [5.41, 5.74) is 1.25. The quantitative estimate of drug-likeness (QED) is 0.712. The Hall–Kier alpha value is -2.51. The number of ether oxygens (including phenoxy) is 1. The smallest absolute Gasteiger partial charge is 0.246 e. The van der Waals surface area contributed by atoms with Crippen molar-refractivity contribution in [3.8, 4) is 5.75 Å². The van der Waals surface area contributed by atoms with Gasteiger partial charge in [0.15, 0.2) is 6.73 Å². The fourth-order valence-corrected chi connectivity index (χ4v) is 2.45. The number of rotatable bonds is 6. The van der Waals surface area contributed by atoms with Crippen LogP contribution >= 0.6 is 23.2 Å². The lowest BCUT2D eigenvalue weighted by Gasteiger charge is -2.06. The van der Waals surface area contributed by atoms with Crippen molar-refractivity contribution in [2.75, 3.05) is 5.32 Å². The monoisotopic (exact) mass is 379 g/mol. The normalized spacial score (nSPS) is 10.7. The number of nitrogens with one attached hydrogen (secondary N) is 1. The van der Waals surface area contributed by atoms with E-state index in [9.17, 15) is 4.79 Å². The van der Waals surface area contributed by atoms with E-state index in [1.807, 2.05) is 0 Å². The molecule has 0 saturated heterocycles. The molecule has 1 aromatic carbocycles. The highest BCUT2D eigenvalue weighted by molar-refractivity contribution is 6.31. The second kappa shape index (κ2) is 7.58. The van der Waals surface area contributed by atoms with Crippen LogP contribution in [0.5, 0.6) is 5.75 Å². The van der Waals surface area contributed by atoms with Crippen LogP contribution in [-0.2, 0) is 18.1 Å². The molecule has 0 aliphatic heterocycles. The molecular formula is C16H15Cl2N5O2. The summed E-state index contributed by atoms with van der Waals surface area (Å²) in [6.45, 7) is 2.04. The van der Waals surface area contributed by atoms with Gasteiger partial charge in [-0.3, -0.25) is 9.48 Å². The summed E-state index contributed by atoms with van der Waals surface area (Å²) >= 11 is 11.8. The Morgan fingerprint density at radius 3 is 2.84 bits per heavy atom. The maximum Gasteiger partial charge on any atom is 0.246 e. The molecule has 2 heterocycles. The summed E-state index contributed by atoms with van der Waals surface area (Å²) in [7, 11) is 0. The molecule has 0 aliphatic rings. The Kier molecular flexibility index (Phi) is 5.25. The Morgan fingerprint density at radius 1 is 1.28 bits per heavy atom. The van der Waals surface area contributed by atoms with E-state index in [0.29, 0.717) is 27.2 Å². The number of aromatic nitrogens is 4. The van der Waals surface area contributed by atoms with Gasteiger partial charge in [-0.1, -0.05) is 29.3 Å². The van der Waals surface area contributed by atoms with Gasteiger partial charge in [0.1, 0.15) is 12.3 Å². The first-order valence-corrected chi connectivity index (χ1v) is 8.15. The van der Waals surface area contributed by atoms with Crippen molar-refractivity contribution in [2.24, 2.45) is 0 Å². The minimum atomic E-state index is -0.227. The largest absolute Gasteiger partial charge is 0.471 e. The third-order valence-corrected chi connectivity index (χ3v) is 3.87. The molecule has 2 aromatic heterocycles. The third kappa shape index (κ3) is 4.74. The molecule has 130 valence electrons. The predicted octanol–water partition coefficient (Wildman–Crippen LogP) is 3.37. The molecule has 3 rings (SSSR count). The summed E-state index contributed by atoms with van der Waals surface area (Å²) in [5, 5.41) is 12.1. The molecule has 25 heavy (non-hydrogen) atoms. The van der Waals surface area contributed by atoms with Crippen LogP contribution in [0.4, 0.5) is 5.69 Å². The number of carbonyl (C=O) groups is 1. The minimum absolute atomic E-state index is 0.0672. The molecular weight excluding hydrogens is 365 g/mol. The van der Waals surface area contributed by atoms with Gasteiger partial charge in [0.2, 0.25) is 5.91 Å². The van der Waals surface area contributed by atoms with E-state index < -0.39 is 0 Å². The van der Waals surface area contributed by atoms with Crippen molar-refractivity contribution in [1.29, 1.82) is 0 Å². The van der Waals surface area contributed by atoms with Gasteiger partial charge in [0.05, 0.1) is 28.8 Å². The molecule has 0 bridgehead atoms. The first-order valence-electron chi connectivity index (χ1n) is 7.40. The fraction of sp³-hybridized carbons (Fsp3) is 0.188. The molecule has 1 amide bonds. The zero-order chi connectivity index (χ0) is 17.8. The Morgan fingerprint density at radius 2 is 2.12 bits per heavy atom. The standard InChI is InChI=1S/C16H15Cl2N5O2/c1-11-15(18)8-22(21-11)9-16(24)20-13-6-19-23(7-13)10-25-14-4-2-3-12(17)5-14/h2-8H,9-10H2,1H3,(H,20,24). The fourth-order valence-electron chi connectivity index (χ4n) is 2.12. The molecule has 0 saturated carbocycles. The highest BCUT2D eigenvalue weighted by atomic mass is 35.5. The number of hydrogen-bond acceptors (Lipinski definition) is 4. The zero-order valence-electron chi connectivity index (χ0n) is 13.3. The summed E-state index contributed by atoms with van der Waals surface area (Å²) in [5.74, 6) is 0.411. The third-order valence-electron chi connectivity index (χ3n) is 3.27. The maximum atomic E-state index is 12.0. The molecule has 0 fully saturated rings. The van der Waals surface area contributed by atoms with Gasteiger partial charge in [-0.2, -0.15) is 10.2 Å². The number of amides is 1. The van der Waals surface area contributed by atoms with Crippen LogP contribution in [-0.4, -0.2) is 25.5 Å². The number of aryl methyl sites for hydroxylation is 1. The Balaban J connectivity index is 1.53. The average molecular weight is 380 g/mol. The highest BCUT2D eigenvalue weighted by Gasteiger charge is 2.08. The van der Waals surface area contributed by atoms with Gasteiger partial charge in [-0.05, 0) is 25.1 Å². The molecule has 7 nitrogen and oxygen atoms in total. The van der Waals surface area contributed by atoms with Crippen LogP contribution in [0.15, 0.2) is 42.9 Å². The SMILES string of the molecule is Cc1nn(CC(=O)Nc2cnn(COc3cccc(Cl)c3)c2)cc1Cl. The van der Waals surface area contributed by atoms with Crippen molar-refractivity contribution < 1.29 is 9.53 Å². The summed E-state index contributed by atoms with van der Waals surface area (Å²) < 4.78 is 8.62. The van der Waals surface area contributed by atoms with Crippen molar-refractivity contribution >= 4 is 34.8 Å². The second-order valence-corrected chi connectivity index (χ2v) is 6.15. The topological polar surface area (TPSA) is 74.0 Å². The molecule has 0 aliphatic carbocycles. The van der Waals surface area contributed by atoms with Crippen LogP contribution in [0, 0.1) is 6.92 Å². The van der Waals surface area contributed by atoms with Crippen LogP contribution < -0.4 is 10.1 Å². The van der Waals surface area contributed by atoms with E-state index >= 15 is 0 Å². The van der Waals surface area contributed by atoms with Gasteiger partial charge in [0, 0.05) is 11.2 Å². The summed E-state index contributed by atoms with van der Waals surface area (Å²) in [6.07, 6.45) is 4.82. The maximum absolute atomic E-state index is 12.0. The van der Waals surface area contributed by atoms with Gasteiger partial charge >= 0.3 is 0 Å². The van der Waals surface area contributed by atoms with Crippen LogP contribution in [0.2, 0.25) is 10.0 Å². The summed E-state index contributed by atoms with van der Waals surface area (Å²) in [6, 6.07) is 7.08. The lowest BCUT2D eigenvalue weighted by atomic mass is 10.3. The number of hydrogen-bond donors (Lipinski definition) is 1. The van der Waals surface area contributed by atoms with Gasteiger partial charge < -0.3 is 10.1 Å². The lowest BCUT2D eigenvalue weighted by molar-refractivity contribution is -0.116. The first-order chi connectivity index (χ1) is 12.0. The van der Waals surface area contributed by atoms with Gasteiger partial charge in [0.25, 0.3) is 0 Å².